The molecule has 7 heteroatoms. The highest BCUT2D eigenvalue weighted by Gasteiger charge is 2.08. The van der Waals surface area contributed by atoms with E-state index in [1.54, 1.807) is 30.3 Å². The summed E-state index contributed by atoms with van der Waals surface area (Å²) in [5, 5.41) is 7.23. The van der Waals surface area contributed by atoms with Gasteiger partial charge in [-0.1, -0.05) is 18.2 Å². The predicted octanol–water partition coefficient (Wildman–Crippen LogP) is 2.73. The second kappa shape index (κ2) is 7.16. The predicted molar refractivity (Wildman–Crippen MR) is 78.5 cm³/mol. The van der Waals surface area contributed by atoms with E-state index in [1.165, 1.54) is 6.07 Å². The summed E-state index contributed by atoms with van der Waals surface area (Å²) in [5.74, 6) is -2.62. The average Bonchev–Trinajstić information content (AvgIpc) is 2.50. The molecule has 5 nitrogen and oxygen atoms in total. The molecule has 0 aliphatic rings. The fraction of sp³-hybridized carbons (Fsp3) is 0.0667. The summed E-state index contributed by atoms with van der Waals surface area (Å²) < 4.78 is 25.7. The smallest absolute Gasteiger partial charge is 0.319 e. The fourth-order valence-electron chi connectivity index (χ4n) is 1.64. The molecule has 0 unspecified atom stereocenters. The third kappa shape index (κ3) is 4.55. The lowest BCUT2D eigenvalue weighted by molar-refractivity contribution is -0.115. The van der Waals surface area contributed by atoms with Gasteiger partial charge in [0, 0.05) is 17.4 Å². The Bertz CT molecular complexity index is 678. The minimum absolute atomic E-state index is 0.106. The molecule has 0 aromatic heterocycles. The number of carbonyl (C=O) groups excluding carboxylic acids is 2. The molecule has 0 bridgehead atoms. The highest BCUT2D eigenvalue weighted by molar-refractivity contribution is 5.96. The maximum atomic E-state index is 13.0. The van der Waals surface area contributed by atoms with Gasteiger partial charge in [0.25, 0.3) is 0 Å². The minimum Gasteiger partial charge on any atom is -0.329 e. The van der Waals surface area contributed by atoms with Crippen molar-refractivity contribution in [1.29, 1.82) is 0 Å². The number of urea groups is 1. The van der Waals surface area contributed by atoms with Gasteiger partial charge in [0.1, 0.15) is 0 Å². The normalized spacial score (nSPS) is 9.91. The monoisotopic (exact) mass is 305 g/mol. The van der Waals surface area contributed by atoms with Crippen molar-refractivity contribution in [2.24, 2.45) is 0 Å². The Hall–Kier alpha value is -2.96. The van der Waals surface area contributed by atoms with Crippen molar-refractivity contribution >= 4 is 23.3 Å². The Balaban J connectivity index is 1.80. The van der Waals surface area contributed by atoms with Crippen LogP contribution in [0.25, 0.3) is 0 Å². The molecule has 0 saturated heterocycles. The van der Waals surface area contributed by atoms with E-state index in [1.807, 2.05) is 0 Å². The molecule has 0 aliphatic carbocycles. The van der Waals surface area contributed by atoms with Crippen LogP contribution < -0.4 is 16.0 Å². The first-order chi connectivity index (χ1) is 10.5. The molecule has 0 spiro atoms. The van der Waals surface area contributed by atoms with E-state index in [0.29, 0.717) is 5.69 Å². The van der Waals surface area contributed by atoms with Crippen LogP contribution in [-0.4, -0.2) is 18.5 Å². The summed E-state index contributed by atoms with van der Waals surface area (Å²) in [4.78, 5) is 23.2. The van der Waals surface area contributed by atoms with E-state index in [0.717, 1.165) is 12.1 Å². The molecule has 0 heterocycles. The topological polar surface area (TPSA) is 70.2 Å². The van der Waals surface area contributed by atoms with Crippen LogP contribution in [0.15, 0.2) is 48.5 Å². The number of anilines is 2. The molecule has 2 rings (SSSR count). The van der Waals surface area contributed by atoms with E-state index in [4.69, 9.17) is 0 Å². The van der Waals surface area contributed by atoms with E-state index >= 15 is 0 Å². The number of hydrogen-bond acceptors (Lipinski definition) is 2. The van der Waals surface area contributed by atoms with Gasteiger partial charge in [-0.15, -0.1) is 0 Å². The van der Waals surface area contributed by atoms with Gasteiger partial charge in [-0.3, -0.25) is 4.79 Å². The van der Waals surface area contributed by atoms with Crippen LogP contribution in [0.3, 0.4) is 0 Å². The second-order valence-electron chi connectivity index (χ2n) is 4.35. The molecule has 3 N–H and O–H groups in total. The number of carbonyl (C=O) groups is 2. The highest BCUT2D eigenvalue weighted by atomic mass is 19.2. The first-order valence-electron chi connectivity index (χ1n) is 6.39. The molecule has 114 valence electrons. The van der Waals surface area contributed by atoms with Gasteiger partial charge in [0.05, 0.1) is 6.54 Å². The van der Waals surface area contributed by atoms with Crippen molar-refractivity contribution < 1.29 is 18.4 Å². The summed E-state index contributed by atoms with van der Waals surface area (Å²) in [6.07, 6.45) is 0. The number of nitrogens with one attached hydrogen (secondary N) is 3. The van der Waals surface area contributed by atoms with Gasteiger partial charge in [0.15, 0.2) is 11.6 Å². The Kier molecular flexibility index (Phi) is 5.02. The van der Waals surface area contributed by atoms with Gasteiger partial charge in [0.2, 0.25) is 5.91 Å². The van der Waals surface area contributed by atoms with Gasteiger partial charge < -0.3 is 16.0 Å². The summed E-state index contributed by atoms with van der Waals surface area (Å²) in [6.45, 7) is -0.308. The number of para-hydroxylation sites is 1. The number of hydrogen-bond donors (Lipinski definition) is 3. The molecular weight excluding hydrogens is 292 g/mol. The average molecular weight is 305 g/mol. The number of rotatable bonds is 4. The molecule has 2 aromatic rings. The quantitative estimate of drug-likeness (QED) is 0.813. The van der Waals surface area contributed by atoms with Crippen molar-refractivity contribution in [3.05, 3.63) is 60.2 Å². The van der Waals surface area contributed by atoms with Crippen LogP contribution in [0.5, 0.6) is 0 Å². The van der Waals surface area contributed by atoms with Crippen molar-refractivity contribution in [2.45, 2.75) is 0 Å². The van der Waals surface area contributed by atoms with Crippen LogP contribution >= 0.6 is 0 Å². The fourth-order valence-corrected chi connectivity index (χ4v) is 1.64. The Morgan fingerprint density at radius 2 is 1.59 bits per heavy atom. The van der Waals surface area contributed by atoms with Gasteiger partial charge in [-0.2, -0.15) is 0 Å². The lowest BCUT2D eigenvalue weighted by Crippen LogP contribution is -2.35. The summed E-state index contributed by atoms with van der Waals surface area (Å²) in [7, 11) is 0. The molecule has 0 fully saturated rings. The first kappa shape index (κ1) is 15.4. The summed E-state index contributed by atoms with van der Waals surface area (Å²) >= 11 is 0. The van der Waals surface area contributed by atoms with Crippen LogP contribution in [0.4, 0.5) is 25.0 Å². The highest BCUT2D eigenvalue weighted by Crippen LogP contribution is 2.12. The molecule has 0 atom stereocenters. The molecule has 2 aromatic carbocycles. The van der Waals surface area contributed by atoms with Gasteiger partial charge in [-0.25, -0.2) is 13.6 Å². The molecule has 3 amide bonds. The number of halogens is 2. The second-order valence-corrected chi connectivity index (χ2v) is 4.35. The largest absolute Gasteiger partial charge is 0.329 e. The first-order valence-corrected chi connectivity index (χ1v) is 6.39. The summed E-state index contributed by atoms with van der Waals surface area (Å²) in [6, 6.07) is 11.1. The van der Waals surface area contributed by atoms with E-state index in [9.17, 15) is 18.4 Å². The van der Waals surface area contributed by atoms with Crippen LogP contribution in [-0.2, 0) is 4.79 Å². The zero-order valence-corrected chi connectivity index (χ0v) is 11.4. The van der Waals surface area contributed by atoms with Crippen molar-refractivity contribution in [1.82, 2.24) is 5.32 Å². The zero-order chi connectivity index (χ0) is 15.9. The van der Waals surface area contributed by atoms with Gasteiger partial charge >= 0.3 is 6.03 Å². The molecule has 0 radical (unpaired) electrons. The lowest BCUT2D eigenvalue weighted by atomic mass is 10.3. The van der Waals surface area contributed by atoms with Crippen molar-refractivity contribution in [2.75, 3.05) is 17.2 Å². The van der Waals surface area contributed by atoms with Gasteiger partial charge in [-0.05, 0) is 24.3 Å². The molecule has 22 heavy (non-hydrogen) atoms. The lowest BCUT2D eigenvalue weighted by Gasteiger charge is -2.08. The number of benzene rings is 2. The number of amides is 3. The Morgan fingerprint density at radius 3 is 2.27 bits per heavy atom. The molecule has 0 saturated carbocycles. The summed E-state index contributed by atoms with van der Waals surface area (Å²) in [5.41, 5.74) is 0.690. The van der Waals surface area contributed by atoms with Crippen molar-refractivity contribution in [3.8, 4) is 0 Å². The molecular formula is C15H13F2N3O2. The maximum Gasteiger partial charge on any atom is 0.319 e. The SMILES string of the molecule is O=C(CNC(=O)Nc1ccccc1)Nc1ccc(F)c(F)c1. The molecule has 0 aliphatic heterocycles. The minimum atomic E-state index is -1.06. The Morgan fingerprint density at radius 1 is 0.864 bits per heavy atom. The van der Waals surface area contributed by atoms with E-state index in [2.05, 4.69) is 16.0 Å². The van der Waals surface area contributed by atoms with Crippen LogP contribution in [0.2, 0.25) is 0 Å². The zero-order valence-electron chi connectivity index (χ0n) is 11.4. The van der Waals surface area contributed by atoms with Crippen molar-refractivity contribution in [3.63, 3.8) is 0 Å². The third-order valence-corrected chi connectivity index (χ3v) is 2.64. The van der Waals surface area contributed by atoms with E-state index in [-0.39, 0.29) is 12.2 Å². The van der Waals surface area contributed by atoms with Crippen LogP contribution in [0.1, 0.15) is 0 Å². The van der Waals surface area contributed by atoms with Crippen LogP contribution in [0, 0.1) is 11.6 Å². The maximum absolute atomic E-state index is 13.0. The standard InChI is InChI=1S/C15H13F2N3O2/c16-12-7-6-11(8-13(12)17)19-14(21)9-18-15(22)20-10-4-2-1-3-5-10/h1-8H,9H2,(H,19,21)(H2,18,20,22). The van der Waals surface area contributed by atoms with E-state index < -0.39 is 23.6 Å². The third-order valence-electron chi connectivity index (χ3n) is 2.64. The Labute approximate surface area is 125 Å².